The molecule has 0 saturated carbocycles. The van der Waals surface area contributed by atoms with Crippen LogP contribution in [0.5, 0.6) is 0 Å². The number of carbonyl (C=O) groups excluding carboxylic acids is 1. The van der Waals surface area contributed by atoms with Crippen LogP contribution < -0.4 is 10.0 Å². The summed E-state index contributed by atoms with van der Waals surface area (Å²) in [6.07, 6.45) is 4.62. The highest BCUT2D eigenvalue weighted by Gasteiger charge is 2.16. The zero-order valence-corrected chi connectivity index (χ0v) is 17.7. The minimum absolute atomic E-state index is 0.0161. The summed E-state index contributed by atoms with van der Waals surface area (Å²) in [6, 6.07) is 11.4. The highest BCUT2D eigenvalue weighted by Crippen LogP contribution is 2.27. The molecule has 0 unspecified atom stereocenters. The predicted octanol–water partition coefficient (Wildman–Crippen LogP) is 3.82. The standard InChI is InChI=1S/C22H20N4O4S/c1-14-4-9-19-16(13-30-21(19)15(14)2)12-20(27)25-17-5-7-18(8-6-17)31(28,29)26-22-23-10-3-11-24-22/h3-11,13H,12H2,1-2H3,(H,25,27)(H,23,24,26). The maximum atomic E-state index is 12.5. The first-order valence-corrected chi connectivity index (χ1v) is 11.0. The van der Waals surface area contributed by atoms with Crippen LogP contribution in [0.1, 0.15) is 16.7 Å². The molecular weight excluding hydrogens is 416 g/mol. The number of carbonyl (C=O) groups is 1. The third-order valence-corrected chi connectivity index (χ3v) is 6.28. The molecule has 158 valence electrons. The molecule has 0 fully saturated rings. The van der Waals surface area contributed by atoms with Crippen molar-refractivity contribution < 1.29 is 17.6 Å². The van der Waals surface area contributed by atoms with E-state index in [-0.39, 0.29) is 23.2 Å². The van der Waals surface area contributed by atoms with Crippen molar-refractivity contribution >= 4 is 38.5 Å². The molecule has 4 aromatic rings. The Kier molecular flexibility index (Phi) is 5.43. The molecule has 0 aliphatic carbocycles. The molecule has 2 aromatic heterocycles. The van der Waals surface area contributed by atoms with Gasteiger partial charge in [0, 0.05) is 29.0 Å². The van der Waals surface area contributed by atoms with Gasteiger partial charge >= 0.3 is 0 Å². The maximum absolute atomic E-state index is 12.5. The molecule has 8 nitrogen and oxygen atoms in total. The molecule has 0 bridgehead atoms. The normalized spacial score (nSPS) is 11.4. The third-order valence-electron chi connectivity index (χ3n) is 4.93. The molecule has 1 amide bonds. The van der Waals surface area contributed by atoms with Gasteiger partial charge in [0.25, 0.3) is 10.0 Å². The Balaban J connectivity index is 1.44. The van der Waals surface area contributed by atoms with Crippen molar-refractivity contribution in [2.45, 2.75) is 25.2 Å². The average molecular weight is 436 g/mol. The molecule has 2 aromatic carbocycles. The summed E-state index contributed by atoms with van der Waals surface area (Å²) in [5, 5.41) is 3.69. The number of hydrogen-bond donors (Lipinski definition) is 2. The Labute approximate surface area is 179 Å². The molecule has 0 atom stereocenters. The van der Waals surface area contributed by atoms with Crippen LogP contribution in [-0.4, -0.2) is 24.3 Å². The molecule has 2 N–H and O–H groups in total. The zero-order chi connectivity index (χ0) is 22.0. The van der Waals surface area contributed by atoms with E-state index in [1.165, 1.54) is 36.7 Å². The van der Waals surface area contributed by atoms with Crippen LogP contribution in [0, 0.1) is 13.8 Å². The lowest BCUT2D eigenvalue weighted by Crippen LogP contribution is -2.16. The third kappa shape index (κ3) is 4.41. The Bertz CT molecular complexity index is 1350. The summed E-state index contributed by atoms with van der Waals surface area (Å²) < 4.78 is 32.8. The van der Waals surface area contributed by atoms with Crippen molar-refractivity contribution in [3.8, 4) is 0 Å². The molecule has 4 rings (SSSR count). The Morgan fingerprint density at radius 2 is 1.74 bits per heavy atom. The van der Waals surface area contributed by atoms with Crippen molar-refractivity contribution in [1.82, 2.24) is 9.97 Å². The number of anilines is 2. The lowest BCUT2D eigenvalue weighted by Gasteiger charge is -2.08. The fourth-order valence-electron chi connectivity index (χ4n) is 3.15. The van der Waals surface area contributed by atoms with E-state index in [9.17, 15) is 13.2 Å². The summed E-state index contributed by atoms with van der Waals surface area (Å²) in [4.78, 5) is 20.2. The number of hydrogen-bond acceptors (Lipinski definition) is 6. The smallest absolute Gasteiger partial charge is 0.264 e. The maximum Gasteiger partial charge on any atom is 0.264 e. The number of amides is 1. The number of rotatable bonds is 6. The van der Waals surface area contributed by atoms with Crippen LogP contribution in [0.4, 0.5) is 11.6 Å². The first kappa shape index (κ1) is 20.5. The molecular formula is C22H20N4O4S. The van der Waals surface area contributed by atoms with Crippen molar-refractivity contribution in [3.63, 3.8) is 0 Å². The van der Waals surface area contributed by atoms with Gasteiger partial charge in [-0.2, -0.15) is 0 Å². The number of nitrogens with zero attached hydrogens (tertiary/aromatic N) is 2. The van der Waals surface area contributed by atoms with Crippen LogP contribution in [0.25, 0.3) is 11.0 Å². The second-order valence-corrected chi connectivity index (χ2v) is 8.75. The van der Waals surface area contributed by atoms with Crippen molar-refractivity contribution in [3.05, 3.63) is 77.8 Å². The monoisotopic (exact) mass is 436 g/mol. The van der Waals surface area contributed by atoms with Crippen molar-refractivity contribution in [1.29, 1.82) is 0 Å². The number of benzene rings is 2. The van der Waals surface area contributed by atoms with E-state index in [1.54, 1.807) is 12.3 Å². The Hall–Kier alpha value is -3.72. The Morgan fingerprint density at radius 1 is 1.03 bits per heavy atom. The van der Waals surface area contributed by atoms with Gasteiger partial charge in [-0.3, -0.25) is 4.79 Å². The van der Waals surface area contributed by atoms with Crippen molar-refractivity contribution in [2.24, 2.45) is 0 Å². The van der Waals surface area contributed by atoms with E-state index >= 15 is 0 Å². The molecule has 2 heterocycles. The van der Waals surface area contributed by atoms with Crippen molar-refractivity contribution in [2.75, 3.05) is 10.0 Å². The van der Waals surface area contributed by atoms with Gasteiger partial charge in [-0.15, -0.1) is 0 Å². The number of aromatic nitrogens is 2. The van der Waals surface area contributed by atoms with Crippen LogP contribution in [0.15, 0.2) is 70.4 Å². The summed E-state index contributed by atoms with van der Waals surface area (Å²) in [5.41, 5.74) is 4.24. The second-order valence-electron chi connectivity index (χ2n) is 7.07. The highest BCUT2D eigenvalue weighted by atomic mass is 32.2. The fourth-order valence-corrected chi connectivity index (χ4v) is 4.11. The van der Waals surface area contributed by atoms with Crippen LogP contribution >= 0.6 is 0 Å². The fraction of sp³-hybridized carbons (Fsp3) is 0.136. The number of sulfonamides is 1. The number of furan rings is 1. The second kappa shape index (κ2) is 8.19. The van der Waals surface area contributed by atoms with E-state index in [1.807, 2.05) is 26.0 Å². The summed E-state index contributed by atoms with van der Waals surface area (Å²) in [7, 11) is -3.83. The minimum atomic E-state index is -3.83. The van der Waals surface area contributed by atoms with Gasteiger partial charge in [0.1, 0.15) is 5.58 Å². The molecule has 9 heteroatoms. The molecule has 0 radical (unpaired) electrons. The van der Waals surface area contributed by atoms with Gasteiger partial charge in [-0.25, -0.2) is 23.1 Å². The van der Waals surface area contributed by atoms with Crippen LogP contribution in [-0.2, 0) is 21.2 Å². The summed E-state index contributed by atoms with van der Waals surface area (Å²) in [6.45, 7) is 4.00. The van der Waals surface area contributed by atoms with Gasteiger partial charge in [-0.1, -0.05) is 12.1 Å². The Morgan fingerprint density at radius 3 is 2.45 bits per heavy atom. The average Bonchev–Trinajstić information content (AvgIpc) is 3.14. The number of aryl methyl sites for hydroxylation is 2. The lowest BCUT2D eigenvalue weighted by molar-refractivity contribution is -0.115. The van der Waals surface area contributed by atoms with Gasteiger partial charge in [-0.05, 0) is 55.3 Å². The largest absolute Gasteiger partial charge is 0.464 e. The van der Waals surface area contributed by atoms with E-state index in [0.29, 0.717) is 5.69 Å². The molecule has 0 saturated heterocycles. The SMILES string of the molecule is Cc1ccc2c(CC(=O)Nc3ccc(S(=O)(=O)Nc4ncccn4)cc3)coc2c1C. The summed E-state index contributed by atoms with van der Waals surface area (Å²) in [5.74, 6) is -0.245. The topological polar surface area (TPSA) is 114 Å². The first-order valence-electron chi connectivity index (χ1n) is 9.49. The predicted molar refractivity (Wildman–Crippen MR) is 117 cm³/mol. The van der Waals surface area contributed by atoms with Crippen LogP contribution in [0.2, 0.25) is 0 Å². The van der Waals surface area contributed by atoms with Gasteiger partial charge in [0.2, 0.25) is 11.9 Å². The quantitative estimate of drug-likeness (QED) is 0.475. The van der Waals surface area contributed by atoms with E-state index in [2.05, 4.69) is 20.0 Å². The van der Waals surface area contributed by atoms with E-state index < -0.39 is 10.0 Å². The van der Waals surface area contributed by atoms with E-state index in [0.717, 1.165) is 27.7 Å². The number of fused-ring (bicyclic) bond motifs is 1. The summed E-state index contributed by atoms with van der Waals surface area (Å²) >= 11 is 0. The molecule has 31 heavy (non-hydrogen) atoms. The highest BCUT2D eigenvalue weighted by molar-refractivity contribution is 7.92. The minimum Gasteiger partial charge on any atom is -0.464 e. The molecule has 0 spiro atoms. The first-order chi connectivity index (χ1) is 14.8. The van der Waals surface area contributed by atoms with Crippen LogP contribution in [0.3, 0.4) is 0 Å². The zero-order valence-electron chi connectivity index (χ0n) is 16.9. The van der Waals surface area contributed by atoms with Gasteiger partial charge in [0.05, 0.1) is 17.6 Å². The molecule has 0 aliphatic rings. The molecule has 0 aliphatic heterocycles. The van der Waals surface area contributed by atoms with E-state index in [4.69, 9.17) is 4.42 Å². The van der Waals surface area contributed by atoms with Gasteiger partial charge in [0.15, 0.2) is 0 Å². The number of nitrogens with one attached hydrogen (secondary N) is 2. The lowest BCUT2D eigenvalue weighted by atomic mass is 10.0. The van der Waals surface area contributed by atoms with Gasteiger partial charge < -0.3 is 9.73 Å².